The van der Waals surface area contributed by atoms with Crippen molar-refractivity contribution >= 4 is 34.2 Å². The van der Waals surface area contributed by atoms with E-state index in [1.54, 1.807) is 6.20 Å². The van der Waals surface area contributed by atoms with Crippen LogP contribution in [0.5, 0.6) is 0 Å². The first-order valence-corrected chi connectivity index (χ1v) is 13.9. The third-order valence-electron chi connectivity index (χ3n) is 8.60. The van der Waals surface area contributed by atoms with Crippen molar-refractivity contribution in [2.24, 2.45) is 5.41 Å². The van der Waals surface area contributed by atoms with Crippen LogP contribution in [0.25, 0.3) is 0 Å². The van der Waals surface area contributed by atoms with E-state index in [2.05, 4.69) is 26.9 Å². The molecular weight excluding hydrogens is 456 g/mol. The summed E-state index contributed by atoms with van der Waals surface area (Å²) < 4.78 is 12.6. The lowest BCUT2D eigenvalue weighted by atomic mass is 9.65. The molecule has 1 N–H and O–H groups in total. The minimum absolute atomic E-state index is 0.125. The molecule has 0 amide bonds. The van der Waals surface area contributed by atoms with E-state index in [4.69, 9.17) is 16.6 Å². The summed E-state index contributed by atoms with van der Waals surface area (Å²) >= 11 is 6.06. The molecule has 1 aromatic heterocycles. The molecule has 3 heterocycles. The van der Waals surface area contributed by atoms with Crippen LogP contribution >= 0.6 is 11.6 Å². The number of hydrogen-bond acceptors (Lipinski definition) is 6. The SMILES string of the molecule is O=[S@]1CCN(C2(CO)CCC2)c2nc(N3CC4(CCC(c5ccc(Cl)cc5)CC4)C3)ncc21. The van der Waals surface area contributed by atoms with Gasteiger partial charge in [0.05, 0.1) is 34.0 Å². The summed E-state index contributed by atoms with van der Waals surface area (Å²) in [5.74, 6) is 2.74. The van der Waals surface area contributed by atoms with E-state index in [0.717, 1.165) is 54.0 Å². The highest BCUT2D eigenvalue weighted by Gasteiger charge is 2.48. The van der Waals surface area contributed by atoms with Gasteiger partial charge in [-0.1, -0.05) is 23.7 Å². The Hall–Kier alpha value is -1.70. The minimum atomic E-state index is -1.07. The molecule has 0 radical (unpaired) electrons. The molecule has 1 atom stereocenters. The smallest absolute Gasteiger partial charge is 0.227 e. The van der Waals surface area contributed by atoms with Crippen molar-refractivity contribution in [2.75, 3.05) is 41.8 Å². The maximum absolute atomic E-state index is 12.6. The second kappa shape index (κ2) is 8.21. The number of rotatable bonds is 4. The van der Waals surface area contributed by atoms with Crippen LogP contribution in [0.1, 0.15) is 56.4 Å². The standard InChI is InChI=1S/C25H31ClN4O2S/c26-20-4-2-18(3-5-20)19-6-10-24(11-7-19)15-29(16-24)23-27-14-21-22(28-23)30(12-13-33(21)32)25(17-31)8-1-9-25/h2-5,14,19,31H,1,6-13,15-17H2/t33-/m0/s1. The van der Waals surface area contributed by atoms with Gasteiger partial charge in [0.2, 0.25) is 5.95 Å². The molecule has 176 valence electrons. The Morgan fingerprint density at radius 3 is 2.48 bits per heavy atom. The topological polar surface area (TPSA) is 69.6 Å². The van der Waals surface area contributed by atoms with Crippen LogP contribution in [-0.2, 0) is 10.8 Å². The number of aliphatic hydroxyl groups is 1. The second-order valence-corrected chi connectivity index (χ2v) is 12.5. The molecule has 0 bridgehead atoms. The Kier molecular flexibility index (Phi) is 5.42. The van der Waals surface area contributed by atoms with Crippen molar-refractivity contribution in [3.05, 3.63) is 41.0 Å². The number of benzene rings is 1. The number of aromatic nitrogens is 2. The van der Waals surface area contributed by atoms with E-state index in [1.165, 1.54) is 31.2 Å². The lowest BCUT2D eigenvalue weighted by molar-refractivity contribution is 0.115. The highest BCUT2D eigenvalue weighted by molar-refractivity contribution is 7.85. The van der Waals surface area contributed by atoms with Gasteiger partial charge in [0.1, 0.15) is 0 Å². The molecule has 33 heavy (non-hydrogen) atoms. The zero-order chi connectivity index (χ0) is 22.6. The van der Waals surface area contributed by atoms with Crippen molar-refractivity contribution in [2.45, 2.75) is 61.3 Å². The van der Waals surface area contributed by atoms with Gasteiger partial charge in [-0.05, 0) is 68.6 Å². The van der Waals surface area contributed by atoms with E-state index in [9.17, 15) is 9.32 Å². The number of halogens is 1. The maximum Gasteiger partial charge on any atom is 0.227 e. The molecule has 3 fully saturated rings. The van der Waals surface area contributed by atoms with Crippen LogP contribution in [0.4, 0.5) is 11.8 Å². The Bertz CT molecular complexity index is 1050. The van der Waals surface area contributed by atoms with Crippen LogP contribution in [0.2, 0.25) is 5.02 Å². The highest BCUT2D eigenvalue weighted by atomic mass is 35.5. The fourth-order valence-electron chi connectivity index (χ4n) is 6.33. The fourth-order valence-corrected chi connectivity index (χ4v) is 7.55. The summed E-state index contributed by atoms with van der Waals surface area (Å²) in [6.45, 7) is 2.80. The molecule has 8 heteroatoms. The van der Waals surface area contributed by atoms with Gasteiger partial charge in [-0.3, -0.25) is 4.21 Å². The Morgan fingerprint density at radius 2 is 1.85 bits per heavy atom. The molecule has 1 aromatic carbocycles. The van der Waals surface area contributed by atoms with Crippen molar-refractivity contribution in [3.63, 3.8) is 0 Å². The van der Waals surface area contributed by atoms with Crippen molar-refractivity contribution in [1.82, 2.24) is 9.97 Å². The monoisotopic (exact) mass is 486 g/mol. The van der Waals surface area contributed by atoms with Gasteiger partial charge < -0.3 is 14.9 Å². The normalized spacial score (nSPS) is 25.9. The largest absolute Gasteiger partial charge is 0.394 e. The second-order valence-electron chi connectivity index (χ2n) is 10.5. The fraction of sp³-hybridized carbons (Fsp3) is 0.600. The number of fused-ring (bicyclic) bond motifs is 1. The number of anilines is 2. The van der Waals surface area contributed by atoms with Crippen molar-refractivity contribution in [1.29, 1.82) is 0 Å². The van der Waals surface area contributed by atoms with Gasteiger partial charge in [-0.25, -0.2) is 4.98 Å². The molecule has 2 aliphatic heterocycles. The first kappa shape index (κ1) is 21.8. The predicted molar refractivity (Wildman–Crippen MR) is 132 cm³/mol. The molecule has 2 saturated carbocycles. The third kappa shape index (κ3) is 3.67. The average Bonchev–Trinajstić information content (AvgIpc) is 2.79. The van der Waals surface area contributed by atoms with Crippen molar-refractivity contribution in [3.8, 4) is 0 Å². The van der Waals surface area contributed by atoms with Gasteiger partial charge in [-0.15, -0.1) is 0 Å². The van der Waals surface area contributed by atoms with Gasteiger partial charge in [0, 0.05) is 35.8 Å². The molecule has 6 rings (SSSR count). The van der Waals surface area contributed by atoms with Gasteiger partial charge in [-0.2, -0.15) is 4.98 Å². The Morgan fingerprint density at radius 1 is 1.12 bits per heavy atom. The lowest BCUT2D eigenvalue weighted by Gasteiger charge is -2.54. The molecule has 1 spiro atoms. The summed E-state index contributed by atoms with van der Waals surface area (Å²) in [5.41, 5.74) is 1.54. The Balaban J connectivity index is 1.16. The molecule has 6 nitrogen and oxygen atoms in total. The van der Waals surface area contributed by atoms with E-state index >= 15 is 0 Å². The number of nitrogens with zero attached hydrogens (tertiary/aromatic N) is 4. The van der Waals surface area contributed by atoms with E-state index in [0.29, 0.717) is 23.6 Å². The average molecular weight is 487 g/mol. The molecular formula is C25H31ClN4O2S. The lowest BCUT2D eigenvalue weighted by Crippen LogP contribution is -2.60. The summed E-state index contributed by atoms with van der Waals surface area (Å²) in [4.78, 5) is 14.8. The van der Waals surface area contributed by atoms with Gasteiger partial charge in [0.15, 0.2) is 5.82 Å². The maximum atomic E-state index is 12.6. The molecule has 4 aliphatic rings. The first-order chi connectivity index (χ1) is 16.0. The van der Waals surface area contributed by atoms with E-state index < -0.39 is 10.8 Å². The Labute approximate surface area is 202 Å². The summed E-state index contributed by atoms with van der Waals surface area (Å²) in [5, 5.41) is 10.9. The third-order valence-corrected chi connectivity index (χ3v) is 10.2. The van der Waals surface area contributed by atoms with Crippen molar-refractivity contribution < 1.29 is 9.32 Å². The van der Waals surface area contributed by atoms with Crippen LogP contribution < -0.4 is 9.80 Å². The summed E-state index contributed by atoms with van der Waals surface area (Å²) in [7, 11) is -1.07. The molecule has 2 aromatic rings. The first-order valence-electron chi connectivity index (χ1n) is 12.2. The molecule has 2 aliphatic carbocycles. The quantitative estimate of drug-likeness (QED) is 0.700. The van der Waals surface area contributed by atoms with Crippen LogP contribution in [0, 0.1) is 5.41 Å². The predicted octanol–water partition coefficient (Wildman–Crippen LogP) is 4.14. The van der Waals surface area contributed by atoms with Crippen LogP contribution in [0.3, 0.4) is 0 Å². The summed E-state index contributed by atoms with van der Waals surface area (Å²) in [6.07, 6.45) is 9.72. The minimum Gasteiger partial charge on any atom is -0.394 e. The van der Waals surface area contributed by atoms with Gasteiger partial charge >= 0.3 is 0 Å². The summed E-state index contributed by atoms with van der Waals surface area (Å²) in [6, 6.07) is 8.35. The molecule has 0 unspecified atom stereocenters. The zero-order valence-electron chi connectivity index (χ0n) is 18.9. The van der Waals surface area contributed by atoms with Crippen LogP contribution in [-0.4, -0.2) is 56.8 Å². The number of hydrogen-bond donors (Lipinski definition) is 1. The zero-order valence-corrected chi connectivity index (χ0v) is 20.5. The molecule has 1 saturated heterocycles. The van der Waals surface area contributed by atoms with E-state index in [1.807, 2.05) is 12.1 Å². The number of aliphatic hydroxyl groups excluding tert-OH is 1. The van der Waals surface area contributed by atoms with E-state index in [-0.39, 0.29) is 12.1 Å². The van der Waals surface area contributed by atoms with Gasteiger partial charge in [0.25, 0.3) is 0 Å². The highest BCUT2D eigenvalue weighted by Crippen LogP contribution is 2.49. The van der Waals surface area contributed by atoms with Crippen LogP contribution in [0.15, 0.2) is 35.4 Å².